The van der Waals surface area contributed by atoms with Crippen LogP contribution in [0.3, 0.4) is 0 Å². The van der Waals surface area contributed by atoms with Crippen LogP contribution in [0.4, 0.5) is 0 Å². The third-order valence-electron chi connectivity index (χ3n) is 9.37. The van der Waals surface area contributed by atoms with E-state index in [0.29, 0.717) is 5.92 Å². The van der Waals surface area contributed by atoms with Crippen molar-refractivity contribution in [1.82, 2.24) is 4.98 Å². The number of hydrogen-bond donors (Lipinski definition) is 0. The Morgan fingerprint density at radius 2 is 1.52 bits per heavy atom. The van der Waals surface area contributed by atoms with Gasteiger partial charge in [-0.3, -0.25) is 0 Å². The molecule has 40 heavy (non-hydrogen) atoms. The summed E-state index contributed by atoms with van der Waals surface area (Å²) in [7, 11) is 0. The van der Waals surface area contributed by atoms with Gasteiger partial charge in [-0.15, -0.1) is 0 Å². The van der Waals surface area contributed by atoms with Gasteiger partial charge in [0.25, 0.3) is 0 Å². The number of fused-ring (bicyclic) bond motifs is 2. The Morgan fingerprint density at radius 1 is 0.825 bits per heavy atom. The topological polar surface area (TPSA) is 12.9 Å². The van der Waals surface area contributed by atoms with Gasteiger partial charge in [-0.1, -0.05) is 78.8 Å². The molecule has 1 fully saturated rings. The average Bonchev–Trinajstić information content (AvgIpc) is 2.87. The quantitative estimate of drug-likeness (QED) is 0.240. The van der Waals surface area contributed by atoms with E-state index in [0.717, 1.165) is 29.4 Å². The SMILES string of the molecule is Cc1cc(C)c2c(C3CCC(CC(C)C)C(CC(C)C)C3)cc(-c3cc(C(C)(C)C)c4ccccc4c3)nc2c1. The van der Waals surface area contributed by atoms with E-state index in [9.17, 15) is 0 Å². The molecule has 1 aliphatic rings. The molecule has 1 saturated carbocycles. The molecule has 3 aromatic carbocycles. The van der Waals surface area contributed by atoms with Crippen LogP contribution in [-0.4, -0.2) is 4.98 Å². The summed E-state index contributed by atoms with van der Waals surface area (Å²) in [5, 5.41) is 4.06. The molecule has 0 bridgehead atoms. The largest absolute Gasteiger partial charge is 0.248 e. The molecule has 3 atom stereocenters. The Balaban J connectivity index is 1.67. The van der Waals surface area contributed by atoms with Crippen LogP contribution < -0.4 is 0 Å². The van der Waals surface area contributed by atoms with Crippen LogP contribution >= 0.6 is 0 Å². The molecule has 1 nitrogen and oxygen atoms in total. The van der Waals surface area contributed by atoms with Gasteiger partial charge < -0.3 is 0 Å². The predicted molar refractivity (Wildman–Crippen MR) is 175 cm³/mol. The highest BCUT2D eigenvalue weighted by Gasteiger charge is 2.33. The molecule has 0 aliphatic heterocycles. The highest BCUT2D eigenvalue weighted by molar-refractivity contribution is 5.93. The van der Waals surface area contributed by atoms with Crippen molar-refractivity contribution in [1.29, 1.82) is 0 Å². The molecule has 1 aromatic heterocycles. The smallest absolute Gasteiger partial charge is 0.0717 e. The Kier molecular flexibility index (Phi) is 8.15. The van der Waals surface area contributed by atoms with Crippen molar-refractivity contribution in [3.63, 3.8) is 0 Å². The van der Waals surface area contributed by atoms with Crippen molar-refractivity contribution in [3.05, 3.63) is 76.9 Å². The van der Waals surface area contributed by atoms with Crippen LogP contribution in [-0.2, 0) is 5.41 Å². The minimum Gasteiger partial charge on any atom is -0.248 e. The van der Waals surface area contributed by atoms with Crippen molar-refractivity contribution >= 4 is 21.7 Å². The van der Waals surface area contributed by atoms with Crippen molar-refractivity contribution in [2.45, 2.75) is 106 Å². The molecule has 1 heterocycles. The van der Waals surface area contributed by atoms with Gasteiger partial charge in [0.2, 0.25) is 0 Å². The molecular weight excluding hydrogens is 482 g/mol. The highest BCUT2D eigenvalue weighted by atomic mass is 14.7. The summed E-state index contributed by atoms with van der Waals surface area (Å²) >= 11 is 0. The minimum atomic E-state index is 0.0569. The molecular formula is C39H51N. The Hall–Kier alpha value is -2.67. The summed E-state index contributed by atoms with van der Waals surface area (Å²) in [6.45, 7) is 21.1. The molecule has 3 unspecified atom stereocenters. The van der Waals surface area contributed by atoms with E-state index in [1.54, 1.807) is 5.56 Å². The van der Waals surface area contributed by atoms with E-state index < -0.39 is 0 Å². The molecule has 0 spiro atoms. The van der Waals surface area contributed by atoms with Crippen LogP contribution in [0.15, 0.2) is 54.6 Å². The zero-order valence-electron chi connectivity index (χ0n) is 26.6. The van der Waals surface area contributed by atoms with Crippen LogP contribution in [0.1, 0.15) is 109 Å². The number of hydrogen-bond acceptors (Lipinski definition) is 1. The van der Waals surface area contributed by atoms with Crippen molar-refractivity contribution in [3.8, 4) is 11.3 Å². The number of aryl methyl sites for hydroxylation is 2. The maximum atomic E-state index is 5.37. The molecule has 0 saturated heterocycles. The first-order chi connectivity index (χ1) is 18.9. The van der Waals surface area contributed by atoms with E-state index >= 15 is 0 Å². The van der Waals surface area contributed by atoms with E-state index in [1.165, 1.54) is 76.0 Å². The first kappa shape index (κ1) is 28.8. The number of benzene rings is 3. The number of pyridine rings is 1. The Labute approximate surface area is 243 Å². The maximum Gasteiger partial charge on any atom is 0.0717 e. The highest BCUT2D eigenvalue weighted by Crippen LogP contribution is 2.47. The molecule has 0 radical (unpaired) electrons. The molecule has 0 amide bonds. The fourth-order valence-corrected chi connectivity index (χ4v) is 7.76. The van der Waals surface area contributed by atoms with Crippen molar-refractivity contribution in [2.24, 2.45) is 23.7 Å². The molecule has 4 aromatic rings. The lowest BCUT2D eigenvalue weighted by Crippen LogP contribution is -2.26. The summed E-state index contributed by atoms with van der Waals surface area (Å²) in [5.41, 5.74) is 9.22. The second-order valence-corrected chi connectivity index (χ2v) is 14.9. The van der Waals surface area contributed by atoms with E-state index in [1.807, 2.05) is 0 Å². The van der Waals surface area contributed by atoms with Crippen LogP contribution in [0.2, 0.25) is 0 Å². The van der Waals surface area contributed by atoms with Crippen molar-refractivity contribution in [2.75, 3.05) is 0 Å². The second-order valence-electron chi connectivity index (χ2n) is 14.9. The summed E-state index contributed by atoms with van der Waals surface area (Å²) < 4.78 is 0. The Bertz CT molecular complexity index is 1500. The third-order valence-corrected chi connectivity index (χ3v) is 9.37. The monoisotopic (exact) mass is 533 g/mol. The minimum absolute atomic E-state index is 0.0569. The van der Waals surface area contributed by atoms with Crippen LogP contribution in [0.5, 0.6) is 0 Å². The van der Waals surface area contributed by atoms with Gasteiger partial charge in [-0.05, 0) is 138 Å². The van der Waals surface area contributed by atoms with Crippen molar-refractivity contribution < 1.29 is 0 Å². The lowest BCUT2D eigenvalue weighted by atomic mass is 9.66. The van der Waals surface area contributed by atoms with E-state index in [2.05, 4.69) is 117 Å². The first-order valence-electron chi connectivity index (χ1n) is 15.9. The molecule has 1 aliphatic carbocycles. The van der Waals surface area contributed by atoms with Gasteiger partial charge in [0, 0.05) is 10.9 Å². The average molecular weight is 534 g/mol. The molecule has 1 heteroatoms. The summed E-state index contributed by atoms with van der Waals surface area (Å²) in [5.74, 6) is 3.80. The maximum absolute atomic E-state index is 5.37. The fourth-order valence-electron chi connectivity index (χ4n) is 7.76. The fraction of sp³-hybridized carbons (Fsp3) is 0.513. The van der Waals surface area contributed by atoms with Crippen LogP contribution in [0, 0.1) is 37.5 Å². The van der Waals surface area contributed by atoms with Gasteiger partial charge in [0.05, 0.1) is 11.2 Å². The van der Waals surface area contributed by atoms with Crippen LogP contribution in [0.25, 0.3) is 32.9 Å². The number of nitrogens with zero attached hydrogens (tertiary/aromatic N) is 1. The zero-order valence-corrected chi connectivity index (χ0v) is 26.6. The number of aromatic nitrogens is 1. The summed E-state index contributed by atoms with van der Waals surface area (Å²) in [6.07, 6.45) is 6.68. The summed E-state index contributed by atoms with van der Waals surface area (Å²) in [6, 6.07) is 20.8. The zero-order chi connectivity index (χ0) is 28.8. The second kappa shape index (κ2) is 11.3. The standard InChI is InChI=1S/C39H51N/c1-24(2)16-28-14-15-30(20-31(28)17-25(3)4)34-23-36(40-37-19-26(5)18-27(6)38(34)37)32-21-29-12-10-11-13-33(29)35(22-32)39(7,8)9/h10-13,18-19,21-25,28,30-31H,14-17,20H2,1-9H3. The van der Waals surface area contributed by atoms with E-state index in [-0.39, 0.29) is 5.41 Å². The van der Waals surface area contributed by atoms with Gasteiger partial charge in [-0.25, -0.2) is 4.98 Å². The third kappa shape index (κ3) is 6.00. The summed E-state index contributed by atoms with van der Waals surface area (Å²) in [4.78, 5) is 5.37. The van der Waals surface area contributed by atoms with Gasteiger partial charge in [0.1, 0.15) is 0 Å². The molecule has 5 rings (SSSR count). The lowest BCUT2D eigenvalue weighted by molar-refractivity contribution is 0.162. The van der Waals surface area contributed by atoms with E-state index in [4.69, 9.17) is 4.98 Å². The number of rotatable bonds is 6. The Morgan fingerprint density at radius 3 is 2.23 bits per heavy atom. The van der Waals surface area contributed by atoms with Gasteiger partial charge in [-0.2, -0.15) is 0 Å². The van der Waals surface area contributed by atoms with Gasteiger partial charge >= 0.3 is 0 Å². The molecule has 0 N–H and O–H groups in total. The normalized spacial score (nSPS) is 20.2. The lowest BCUT2D eigenvalue weighted by Gasteiger charge is -2.39. The predicted octanol–water partition coefficient (Wildman–Crippen LogP) is 11.6. The first-order valence-corrected chi connectivity index (χ1v) is 15.9. The van der Waals surface area contributed by atoms with Gasteiger partial charge in [0.15, 0.2) is 0 Å². The molecule has 212 valence electrons.